The van der Waals surface area contributed by atoms with E-state index in [2.05, 4.69) is 0 Å². The molecule has 4 aliphatic rings. The van der Waals surface area contributed by atoms with Crippen LogP contribution < -0.4 is 0 Å². The molecule has 0 N–H and O–H groups in total. The van der Waals surface area contributed by atoms with Crippen LogP contribution in [0.4, 0.5) is 0 Å². The number of rotatable bonds is 6. The fourth-order valence-corrected chi connectivity index (χ4v) is 6.24. The molecule has 2 amide bonds. The van der Waals surface area contributed by atoms with Crippen LogP contribution in [0, 0.1) is 22.0 Å². The van der Waals surface area contributed by atoms with E-state index < -0.39 is 23.3 Å². The minimum Gasteiger partial charge on any atom is -0.375 e. The summed E-state index contributed by atoms with van der Waals surface area (Å²) in [4.78, 5) is 41.0. The van der Waals surface area contributed by atoms with Gasteiger partial charge in [0, 0.05) is 22.0 Å². The Morgan fingerprint density at radius 1 is 0.853 bits per heavy atom. The summed E-state index contributed by atoms with van der Waals surface area (Å²) in [6.45, 7) is 0.606. The van der Waals surface area contributed by atoms with Gasteiger partial charge in [0.25, 0.3) is 5.54 Å². The SMILES string of the molecule is O=C1[C@H]2C3c4ccccc4C([N+](=O)[O-])(c4ccccc43)[C@H]2C(=O)N1CCOCc1ccccc1. The highest BCUT2D eigenvalue weighted by Crippen LogP contribution is 2.64. The van der Waals surface area contributed by atoms with E-state index in [1.165, 1.54) is 4.90 Å². The van der Waals surface area contributed by atoms with Crippen molar-refractivity contribution in [3.8, 4) is 0 Å². The van der Waals surface area contributed by atoms with Gasteiger partial charge in [0.1, 0.15) is 5.92 Å². The standard InChI is InChI=1S/C27H22N2O5/c30-25-23-22-18-10-4-6-12-20(18)27(29(32)33,21-13-7-5-11-19(21)22)24(23)26(31)28(25)14-15-34-16-17-8-2-1-3-9-17/h1-13,22-24H,14-16H2/t22?,23-,24+,27?/m0/s1. The number of carbonyl (C=O) groups is 2. The maximum Gasteiger partial charge on any atom is 0.284 e. The monoisotopic (exact) mass is 454 g/mol. The van der Waals surface area contributed by atoms with Crippen LogP contribution in [-0.2, 0) is 26.5 Å². The molecule has 0 saturated carbocycles. The van der Waals surface area contributed by atoms with E-state index in [1.807, 2.05) is 54.6 Å². The summed E-state index contributed by atoms with van der Waals surface area (Å²) < 4.78 is 5.72. The minimum absolute atomic E-state index is 0.0741. The Labute approximate surface area is 196 Å². The van der Waals surface area contributed by atoms with E-state index in [-0.39, 0.29) is 29.9 Å². The van der Waals surface area contributed by atoms with Gasteiger partial charge in [-0.3, -0.25) is 24.6 Å². The summed E-state index contributed by atoms with van der Waals surface area (Å²) in [6.07, 6.45) is 0. The number of imide groups is 1. The van der Waals surface area contributed by atoms with Crippen LogP contribution in [0.15, 0.2) is 78.9 Å². The second kappa shape index (κ2) is 7.60. The number of amides is 2. The van der Waals surface area contributed by atoms with Crippen molar-refractivity contribution >= 4 is 11.8 Å². The molecule has 0 spiro atoms. The molecule has 2 atom stereocenters. The van der Waals surface area contributed by atoms with Crippen LogP contribution >= 0.6 is 0 Å². The van der Waals surface area contributed by atoms with Crippen LogP contribution in [0.2, 0.25) is 0 Å². The van der Waals surface area contributed by atoms with Crippen LogP contribution in [0.3, 0.4) is 0 Å². The molecule has 3 aromatic carbocycles. The quantitative estimate of drug-likeness (QED) is 0.246. The molecule has 170 valence electrons. The number of likely N-dealkylation sites (tertiary alicyclic amines) is 1. The Morgan fingerprint density at radius 2 is 1.44 bits per heavy atom. The summed E-state index contributed by atoms with van der Waals surface area (Å²) >= 11 is 0. The molecular weight excluding hydrogens is 432 g/mol. The van der Waals surface area contributed by atoms with E-state index >= 15 is 0 Å². The van der Waals surface area contributed by atoms with E-state index in [9.17, 15) is 19.7 Å². The molecule has 1 heterocycles. The molecule has 1 saturated heterocycles. The smallest absolute Gasteiger partial charge is 0.284 e. The predicted molar refractivity (Wildman–Crippen MR) is 122 cm³/mol. The first kappa shape index (κ1) is 20.7. The predicted octanol–water partition coefficient (Wildman–Crippen LogP) is 3.48. The normalized spacial score (nSPS) is 26.2. The van der Waals surface area contributed by atoms with E-state index in [4.69, 9.17) is 4.74 Å². The molecule has 2 bridgehead atoms. The maximum atomic E-state index is 13.7. The highest BCUT2D eigenvalue weighted by molar-refractivity contribution is 6.08. The highest BCUT2D eigenvalue weighted by Gasteiger charge is 2.74. The zero-order valence-corrected chi connectivity index (χ0v) is 18.3. The Kier molecular flexibility index (Phi) is 4.64. The van der Waals surface area contributed by atoms with Gasteiger partial charge in [0.05, 0.1) is 25.7 Å². The average molecular weight is 454 g/mol. The number of ether oxygens (including phenoxy) is 1. The molecule has 34 heavy (non-hydrogen) atoms. The number of nitrogens with zero attached hydrogens (tertiary/aromatic N) is 2. The lowest BCUT2D eigenvalue weighted by atomic mass is 9.51. The van der Waals surface area contributed by atoms with Crippen molar-refractivity contribution in [2.24, 2.45) is 11.8 Å². The molecule has 0 unspecified atom stereocenters. The lowest BCUT2D eigenvalue weighted by molar-refractivity contribution is -0.578. The lowest BCUT2D eigenvalue weighted by Gasteiger charge is -2.48. The number of benzene rings is 3. The Morgan fingerprint density at radius 3 is 2.06 bits per heavy atom. The molecule has 7 heteroatoms. The third-order valence-electron chi connectivity index (χ3n) is 7.52. The van der Waals surface area contributed by atoms with Gasteiger partial charge in [0.15, 0.2) is 0 Å². The van der Waals surface area contributed by atoms with Gasteiger partial charge in [-0.25, -0.2) is 0 Å². The van der Waals surface area contributed by atoms with Crippen molar-refractivity contribution in [1.29, 1.82) is 0 Å². The first-order valence-electron chi connectivity index (χ1n) is 11.4. The highest BCUT2D eigenvalue weighted by atomic mass is 16.6. The van der Waals surface area contributed by atoms with Gasteiger partial charge in [-0.05, 0) is 16.7 Å². The fraction of sp³-hybridized carbons (Fsp3) is 0.259. The largest absolute Gasteiger partial charge is 0.375 e. The summed E-state index contributed by atoms with van der Waals surface area (Å²) in [5, 5.41) is 12.9. The van der Waals surface area contributed by atoms with Crippen molar-refractivity contribution in [1.82, 2.24) is 4.90 Å². The number of hydrogen-bond donors (Lipinski definition) is 0. The van der Waals surface area contributed by atoms with Gasteiger partial charge in [-0.2, -0.15) is 0 Å². The van der Waals surface area contributed by atoms with E-state index in [1.54, 1.807) is 24.3 Å². The first-order valence-corrected chi connectivity index (χ1v) is 11.4. The molecule has 0 radical (unpaired) electrons. The molecule has 7 nitrogen and oxygen atoms in total. The van der Waals surface area contributed by atoms with Gasteiger partial charge in [0.2, 0.25) is 11.8 Å². The summed E-state index contributed by atoms with van der Waals surface area (Å²) in [5.41, 5.74) is 1.79. The van der Waals surface area contributed by atoms with Crippen molar-refractivity contribution in [2.45, 2.75) is 18.1 Å². The molecule has 1 aliphatic heterocycles. The van der Waals surface area contributed by atoms with E-state index in [0.29, 0.717) is 17.7 Å². The molecule has 3 aromatic rings. The Balaban J connectivity index is 1.38. The lowest BCUT2D eigenvalue weighted by Crippen LogP contribution is -2.57. The fourth-order valence-electron chi connectivity index (χ4n) is 6.24. The summed E-state index contributed by atoms with van der Waals surface area (Å²) in [6, 6.07) is 24.0. The molecule has 3 aliphatic carbocycles. The summed E-state index contributed by atoms with van der Waals surface area (Å²) in [5.74, 6) is -3.08. The van der Waals surface area contributed by atoms with Gasteiger partial charge in [-0.1, -0.05) is 78.9 Å². The van der Waals surface area contributed by atoms with Crippen molar-refractivity contribution in [2.75, 3.05) is 13.2 Å². The first-order chi connectivity index (χ1) is 16.6. The van der Waals surface area contributed by atoms with Crippen LogP contribution in [0.1, 0.15) is 33.7 Å². The molecule has 1 fully saturated rings. The second-order valence-corrected chi connectivity index (χ2v) is 9.05. The van der Waals surface area contributed by atoms with Crippen molar-refractivity contribution < 1.29 is 19.2 Å². The Bertz CT molecular complexity index is 1270. The van der Waals surface area contributed by atoms with Crippen LogP contribution in [-0.4, -0.2) is 34.8 Å². The minimum atomic E-state index is -1.78. The number of hydrogen-bond acceptors (Lipinski definition) is 5. The van der Waals surface area contributed by atoms with Crippen LogP contribution in [0.5, 0.6) is 0 Å². The molecule has 7 rings (SSSR count). The van der Waals surface area contributed by atoms with Crippen LogP contribution in [0.25, 0.3) is 0 Å². The van der Waals surface area contributed by atoms with Gasteiger partial charge < -0.3 is 4.74 Å². The maximum absolute atomic E-state index is 13.7. The number of carbonyl (C=O) groups excluding carboxylic acids is 2. The van der Waals surface area contributed by atoms with Gasteiger partial charge >= 0.3 is 0 Å². The topological polar surface area (TPSA) is 89.8 Å². The number of nitro groups is 1. The van der Waals surface area contributed by atoms with Gasteiger partial charge in [-0.15, -0.1) is 0 Å². The third-order valence-corrected chi connectivity index (χ3v) is 7.52. The zero-order chi connectivity index (χ0) is 23.4. The van der Waals surface area contributed by atoms with E-state index in [0.717, 1.165) is 16.7 Å². The average Bonchev–Trinajstić information content (AvgIpc) is 3.12. The molecule has 0 aromatic heterocycles. The Hall–Kier alpha value is -3.84. The third kappa shape index (κ3) is 2.61. The summed E-state index contributed by atoms with van der Waals surface area (Å²) in [7, 11) is 0. The van der Waals surface area contributed by atoms with Crippen molar-refractivity contribution in [3.63, 3.8) is 0 Å². The second-order valence-electron chi connectivity index (χ2n) is 9.05. The zero-order valence-electron chi connectivity index (χ0n) is 18.3. The van der Waals surface area contributed by atoms with Crippen molar-refractivity contribution in [3.05, 3.63) is 117 Å². The molecular formula is C27H22N2O5.